The van der Waals surface area contributed by atoms with Gasteiger partial charge >= 0.3 is 6.18 Å². The van der Waals surface area contributed by atoms with E-state index in [0.717, 1.165) is 30.6 Å². The molecular formula is C16H21F3N6O2. The van der Waals surface area contributed by atoms with Crippen LogP contribution in [0.3, 0.4) is 0 Å². The van der Waals surface area contributed by atoms with Crippen LogP contribution in [0.15, 0.2) is 12.1 Å². The lowest BCUT2D eigenvalue weighted by atomic mass is 9.97. The number of ether oxygens (including phenoxy) is 2. The molecule has 0 aliphatic carbocycles. The average molecular weight is 386 g/mol. The first kappa shape index (κ1) is 18.4. The Morgan fingerprint density at radius 3 is 2.67 bits per heavy atom. The number of nitrogens with zero attached hydrogens (tertiary/aromatic N) is 5. The largest absolute Gasteiger partial charge is 0.453 e. The van der Waals surface area contributed by atoms with Crippen molar-refractivity contribution in [1.29, 1.82) is 0 Å². The Labute approximate surface area is 153 Å². The maximum Gasteiger partial charge on any atom is 0.453 e. The highest BCUT2D eigenvalue weighted by molar-refractivity contribution is 5.44. The van der Waals surface area contributed by atoms with E-state index >= 15 is 0 Å². The van der Waals surface area contributed by atoms with E-state index in [9.17, 15) is 13.2 Å². The number of alkyl halides is 3. The zero-order chi connectivity index (χ0) is 18.9. The van der Waals surface area contributed by atoms with Crippen LogP contribution < -0.4 is 5.32 Å². The van der Waals surface area contributed by atoms with Crippen LogP contribution in [0.4, 0.5) is 19.0 Å². The van der Waals surface area contributed by atoms with Gasteiger partial charge < -0.3 is 14.8 Å². The van der Waals surface area contributed by atoms with Gasteiger partial charge in [0.05, 0.1) is 19.8 Å². The van der Waals surface area contributed by atoms with Gasteiger partial charge in [0.1, 0.15) is 5.82 Å². The van der Waals surface area contributed by atoms with Gasteiger partial charge in [0.25, 0.3) is 5.82 Å². The van der Waals surface area contributed by atoms with Gasteiger partial charge in [-0.3, -0.25) is 4.90 Å². The molecule has 1 N–H and O–H groups in total. The molecule has 2 aromatic rings. The smallest absolute Gasteiger partial charge is 0.381 e. The summed E-state index contributed by atoms with van der Waals surface area (Å²) in [6, 6.07) is 3.29. The number of aromatic nitrogens is 4. The number of anilines is 1. The highest BCUT2D eigenvalue weighted by atomic mass is 19.4. The fourth-order valence-corrected chi connectivity index (χ4v) is 3.63. The maximum absolute atomic E-state index is 13.0. The van der Waals surface area contributed by atoms with Gasteiger partial charge in [-0.05, 0) is 18.6 Å². The second-order valence-electron chi connectivity index (χ2n) is 6.73. The predicted molar refractivity (Wildman–Crippen MR) is 89.4 cm³/mol. The van der Waals surface area contributed by atoms with E-state index < -0.39 is 12.0 Å². The number of halogens is 3. The molecule has 2 aliphatic heterocycles. The normalized spacial score (nSPS) is 23.0. The average Bonchev–Trinajstić information content (AvgIpc) is 3.32. The molecule has 0 radical (unpaired) electrons. The number of nitrogens with one attached hydrogen (secondary N) is 1. The van der Waals surface area contributed by atoms with Crippen LogP contribution >= 0.6 is 0 Å². The minimum Gasteiger partial charge on any atom is -0.381 e. The molecule has 0 amide bonds. The molecule has 27 heavy (non-hydrogen) atoms. The molecule has 2 fully saturated rings. The van der Waals surface area contributed by atoms with Crippen LogP contribution in [0, 0.1) is 5.92 Å². The third-order valence-electron chi connectivity index (χ3n) is 5.03. The predicted octanol–water partition coefficient (Wildman–Crippen LogP) is 1.29. The highest BCUT2D eigenvalue weighted by Crippen LogP contribution is 2.28. The third kappa shape index (κ3) is 3.99. The van der Waals surface area contributed by atoms with Crippen molar-refractivity contribution in [3.63, 3.8) is 0 Å². The second kappa shape index (κ2) is 7.56. The standard InChI is InChI=1S/C16H21F3N6O2/c17-16(18,19)15-22-21-14-2-1-13(23-25(14)15)20-9-12(11-3-6-27-10-11)24-4-7-26-8-5-24/h1-2,11-12H,3-10H2,(H,20,23). The monoisotopic (exact) mass is 386 g/mol. The summed E-state index contributed by atoms with van der Waals surface area (Å²) in [5.41, 5.74) is 0.0572. The van der Waals surface area contributed by atoms with Crippen molar-refractivity contribution in [3.05, 3.63) is 18.0 Å². The van der Waals surface area contributed by atoms with Crippen LogP contribution in [-0.4, -0.2) is 76.8 Å². The first-order valence-electron chi connectivity index (χ1n) is 8.95. The van der Waals surface area contributed by atoms with E-state index in [1.807, 2.05) is 0 Å². The summed E-state index contributed by atoms with van der Waals surface area (Å²) in [4.78, 5) is 2.36. The summed E-state index contributed by atoms with van der Waals surface area (Å²) in [6.07, 6.45) is -3.64. The molecule has 0 aromatic carbocycles. The summed E-state index contributed by atoms with van der Waals surface area (Å²) in [6.45, 7) is 5.03. The van der Waals surface area contributed by atoms with Crippen LogP contribution in [0.25, 0.3) is 5.65 Å². The Balaban J connectivity index is 1.51. The lowest BCUT2D eigenvalue weighted by molar-refractivity contribution is -0.146. The fourth-order valence-electron chi connectivity index (χ4n) is 3.63. The fraction of sp³-hybridized carbons (Fsp3) is 0.688. The molecule has 0 bridgehead atoms. The van der Waals surface area contributed by atoms with Gasteiger partial charge in [-0.2, -0.15) is 17.7 Å². The van der Waals surface area contributed by atoms with E-state index in [1.165, 1.54) is 6.07 Å². The van der Waals surface area contributed by atoms with Crippen LogP contribution in [0.1, 0.15) is 12.2 Å². The molecular weight excluding hydrogens is 365 g/mol. The van der Waals surface area contributed by atoms with Crippen LogP contribution in [0.5, 0.6) is 0 Å². The summed E-state index contributed by atoms with van der Waals surface area (Å²) in [5.74, 6) is -0.403. The highest BCUT2D eigenvalue weighted by Gasteiger charge is 2.38. The lowest BCUT2D eigenvalue weighted by Gasteiger charge is -2.37. The molecule has 4 heterocycles. The van der Waals surface area contributed by atoms with Crippen molar-refractivity contribution in [2.75, 3.05) is 51.4 Å². The molecule has 2 atom stereocenters. The van der Waals surface area contributed by atoms with Gasteiger partial charge in [0.2, 0.25) is 0 Å². The molecule has 11 heteroatoms. The van der Waals surface area contributed by atoms with E-state index in [2.05, 4.69) is 25.5 Å². The molecule has 148 valence electrons. The Bertz CT molecular complexity index is 771. The van der Waals surface area contributed by atoms with Gasteiger partial charge in [-0.15, -0.1) is 15.3 Å². The molecule has 2 aromatic heterocycles. The summed E-state index contributed by atoms with van der Waals surface area (Å²) >= 11 is 0. The first-order valence-corrected chi connectivity index (χ1v) is 8.95. The summed E-state index contributed by atoms with van der Waals surface area (Å²) in [5, 5.41) is 13.9. The Hall–Kier alpha value is -1.98. The number of fused-ring (bicyclic) bond motifs is 1. The number of hydrogen-bond donors (Lipinski definition) is 1. The van der Waals surface area contributed by atoms with Crippen molar-refractivity contribution in [3.8, 4) is 0 Å². The molecule has 0 saturated carbocycles. The minimum absolute atomic E-state index is 0.0572. The van der Waals surface area contributed by atoms with Gasteiger partial charge in [0, 0.05) is 38.2 Å². The van der Waals surface area contributed by atoms with Crippen molar-refractivity contribution in [2.45, 2.75) is 18.6 Å². The molecule has 0 spiro atoms. The minimum atomic E-state index is -4.61. The van der Waals surface area contributed by atoms with E-state index in [0.29, 0.717) is 38.1 Å². The quantitative estimate of drug-likeness (QED) is 0.830. The van der Waals surface area contributed by atoms with Crippen LogP contribution in [-0.2, 0) is 15.7 Å². The van der Waals surface area contributed by atoms with Crippen molar-refractivity contribution in [1.82, 2.24) is 24.7 Å². The molecule has 2 aliphatic rings. The first-order chi connectivity index (χ1) is 13.0. The van der Waals surface area contributed by atoms with Crippen molar-refractivity contribution >= 4 is 11.5 Å². The summed E-state index contributed by atoms with van der Waals surface area (Å²) in [7, 11) is 0. The lowest BCUT2D eigenvalue weighted by Crippen LogP contribution is -2.50. The SMILES string of the molecule is FC(F)(F)c1nnc2ccc(NCC(C3CCOC3)N3CCOCC3)nn12. The zero-order valence-corrected chi connectivity index (χ0v) is 14.7. The zero-order valence-electron chi connectivity index (χ0n) is 14.7. The van der Waals surface area contributed by atoms with Gasteiger partial charge in [-0.25, -0.2) is 0 Å². The van der Waals surface area contributed by atoms with E-state index in [4.69, 9.17) is 9.47 Å². The molecule has 2 saturated heterocycles. The molecule has 8 nitrogen and oxygen atoms in total. The van der Waals surface area contributed by atoms with E-state index in [-0.39, 0.29) is 11.7 Å². The van der Waals surface area contributed by atoms with Gasteiger partial charge in [-0.1, -0.05) is 0 Å². The Kier molecular flexibility index (Phi) is 5.15. The second-order valence-corrected chi connectivity index (χ2v) is 6.73. The van der Waals surface area contributed by atoms with Crippen molar-refractivity contribution in [2.24, 2.45) is 5.92 Å². The molecule has 4 rings (SSSR count). The Morgan fingerprint density at radius 2 is 1.96 bits per heavy atom. The maximum atomic E-state index is 13.0. The third-order valence-corrected chi connectivity index (χ3v) is 5.03. The van der Waals surface area contributed by atoms with Gasteiger partial charge in [0.15, 0.2) is 5.65 Å². The molecule has 2 unspecified atom stereocenters. The summed E-state index contributed by atoms with van der Waals surface area (Å²) < 4.78 is 50.8. The Morgan fingerprint density at radius 1 is 1.15 bits per heavy atom. The van der Waals surface area contributed by atoms with Crippen molar-refractivity contribution < 1.29 is 22.6 Å². The topological polar surface area (TPSA) is 76.8 Å². The number of morpholine rings is 1. The van der Waals surface area contributed by atoms with Crippen LogP contribution in [0.2, 0.25) is 0 Å². The van der Waals surface area contributed by atoms with E-state index in [1.54, 1.807) is 6.07 Å². The number of rotatable bonds is 5. The number of hydrogen-bond acceptors (Lipinski definition) is 7.